The van der Waals surface area contributed by atoms with E-state index >= 15 is 0 Å². The molecule has 0 spiro atoms. The van der Waals surface area contributed by atoms with Crippen LogP contribution in [0.1, 0.15) is 29.2 Å². The molecule has 0 aliphatic rings. The lowest BCUT2D eigenvalue weighted by Gasteiger charge is -2.20. The first-order chi connectivity index (χ1) is 13.9. The van der Waals surface area contributed by atoms with Crippen LogP contribution >= 0.6 is 0 Å². The second-order valence-corrected chi connectivity index (χ2v) is 7.68. The van der Waals surface area contributed by atoms with E-state index in [9.17, 15) is 0 Å². The van der Waals surface area contributed by atoms with Crippen LogP contribution in [0.2, 0.25) is 0 Å². The normalized spacial score (nSPS) is 12.6. The molecule has 5 nitrogen and oxygen atoms in total. The van der Waals surface area contributed by atoms with Gasteiger partial charge in [0.2, 0.25) is 0 Å². The van der Waals surface area contributed by atoms with Crippen molar-refractivity contribution in [3.05, 3.63) is 78.1 Å². The molecule has 0 saturated heterocycles. The number of hydrazone groups is 1. The van der Waals surface area contributed by atoms with Crippen LogP contribution in [0, 0.1) is 0 Å². The zero-order chi connectivity index (χ0) is 20.8. The molecule has 0 amide bonds. The molecule has 1 atom stereocenters. The standard InChI is InChI=1S/C24H29N5/c1-18(16-26-29(4)5)24-17-25-22-12-11-20(15-23(22)27-24)21(13-14-28(2)3)19-9-7-6-8-10-19/h6-12,15-17,21H,1,13-14H2,2-5H3. The molecule has 3 rings (SSSR count). The van der Waals surface area contributed by atoms with Crippen molar-refractivity contribution in [3.63, 3.8) is 0 Å². The van der Waals surface area contributed by atoms with Gasteiger partial charge >= 0.3 is 0 Å². The van der Waals surface area contributed by atoms with E-state index in [4.69, 9.17) is 4.98 Å². The summed E-state index contributed by atoms with van der Waals surface area (Å²) in [6, 6.07) is 17.1. The zero-order valence-corrected chi connectivity index (χ0v) is 17.7. The Morgan fingerprint density at radius 3 is 2.48 bits per heavy atom. The van der Waals surface area contributed by atoms with E-state index in [0.717, 1.165) is 35.3 Å². The van der Waals surface area contributed by atoms with Crippen LogP contribution in [0.3, 0.4) is 0 Å². The Bertz CT molecular complexity index is 993. The first-order valence-electron chi connectivity index (χ1n) is 9.81. The van der Waals surface area contributed by atoms with E-state index in [0.29, 0.717) is 5.92 Å². The van der Waals surface area contributed by atoms with Gasteiger partial charge in [0.25, 0.3) is 0 Å². The van der Waals surface area contributed by atoms with Crippen LogP contribution in [0.4, 0.5) is 0 Å². The molecule has 0 aliphatic carbocycles. The maximum Gasteiger partial charge on any atom is 0.0903 e. The third-order valence-corrected chi connectivity index (χ3v) is 4.81. The molecular weight excluding hydrogens is 358 g/mol. The Hall–Kier alpha value is -3.05. The lowest BCUT2D eigenvalue weighted by Crippen LogP contribution is -2.16. The van der Waals surface area contributed by atoms with Gasteiger partial charge in [-0.3, -0.25) is 4.98 Å². The number of hydrogen-bond donors (Lipinski definition) is 0. The maximum absolute atomic E-state index is 4.80. The van der Waals surface area contributed by atoms with Crippen LogP contribution in [-0.2, 0) is 0 Å². The molecule has 150 valence electrons. The van der Waals surface area contributed by atoms with Crippen LogP contribution in [0.25, 0.3) is 16.6 Å². The summed E-state index contributed by atoms with van der Waals surface area (Å²) in [5.74, 6) is 0.312. The third-order valence-electron chi connectivity index (χ3n) is 4.81. The Morgan fingerprint density at radius 1 is 1.03 bits per heavy atom. The summed E-state index contributed by atoms with van der Waals surface area (Å²) in [4.78, 5) is 11.6. The van der Waals surface area contributed by atoms with E-state index in [1.54, 1.807) is 17.4 Å². The zero-order valence-electron chi connectivity index (χ0n) is 17.7. The number of aromatic nitrogens is 2. The van der Waals surface area contributed by atoms with Gasteiger partial charge in [-0.05, 0) is 50.3 Å². The molecule has 0 radical (unpaired) electrons. The van der Waals surface area contributed by atoms with Crippen LogP contribution in [-0.4, -0.2) is 60.8 Å². The highest BCUT2D eigenvalue weighted by atomic mass is 15.4. The molecule has 3 aromatic rings. The van der Waals surface area contributed by atoms with Gasteiger partial charge in [0, 0.05) is 25.6 Å². The Kier molecular flexibility index (Phi) is 6.73. The smallest absolute Gasteiger partial charge is 0.0903 e. The minimum Gasteiger partial charge on any atom is -0.309 e. The molecule has 1 unspecified atom stereocenters. The topological polar surface area (TPSA) is 44.6 Å². The largest absolute Gasteiger partial charge is 0.309 e. The van der Waals surface area contributed by atoms with Gasteiger partial charge in [0.15, 0.2) is 0 Å². The highest BCUT2D eigenvalue weighted by molar-refractivity contribution is 6.08. The lowest BCUT2D eigenvalue weighted by molar-refractivity contribution is 0.390. The number of benzene rings is 2. The van der Waals surface area contributed by atoms with Crippen molar-refractivity contribution in [2.75, 3.05) is 34.7 Å². The molecule has 0 N–H and O–H groups in total. The minimum absolute atomic E-state index is 0.312. The molecular formula is C24H29N5. The Morgan fingerprint density at radius 2 is 1.79 bits per heavy atom. The monoisotopic (exact) mass is 387 g/mol. The van der Waals surface area contributed by atoms with Crippen molar-refractivity contribution < 1.29 is 0 Å². The van der Waals surface area contributed by atoms with E-state index in [-0.39, 0.29) is 0 Å². The van der Waals surface area contributed by atoms with Gasteiger partial charge in [0.05, 0.1) is 29.1 Å². The highest BCUT2D eigenvalue weighted by Gasteiger charge is 2.15. The van der Waals surface area contributed by atoms with Crippen LogP contribution in [0.15, 0.2) is 66.4 Å². The predicted octanol–water partition coefficient (Wildman–Crippen LogP) is 4.27. The molecule has 0 aliphatic heterocycles. The maximum atomic E-state index is 4.80. The lowest BCUT2D eigenvalue weighted by atomic mass is 9.88. The SMILES string of the molecule is C=C(C=NN(C)C)c1cnc2ccc(C(CCN(C)C)c3ccccc3)cc2n1. The summed E-state index contributed by atoms with van der Waals surface area (Å²) < 4.78 is 0. The molecule has 5 heteroatoms. The number of fused-ring (bicyclic) bond motifs is 1. The summed E-state index contributed by atoms with van der Waals surface area (Å²) in [5, 5.41) is 5.97. The molecule has 0 saturated carbocycles. The van der Waals surface area contributed by atoms with E-state index in [1.807, 2.05) is 14.1 Å². The van der Waals surface area contributed by atoms with Gasteiger partial charge in [-0.25, -0.2) is 4.98 Å². The fraction of sp³-hybridized carbons (Fsp3) is 0.292. The molecule has 1 aromatic heterocycles. The summed E-state index contributed by atoms with van der Waals surface area (Å²) in [6.07, 6.45) is 4.51. The van der Waals surface area contributed by atoms with Crippen LogP contribution < -0.4 is 0 Å². The van der Waals surface area contributed by atoms with Gasteiger partial charge in [-0.2, -0.15) is 5.10 Å². The first kappa shape index (κ1) is 20.7. The van der Waals surface area contributed by atoms with Crippen LogP contribution in [0.5, 0.6) is 0 Å². The van der Waals surface area contributed by atoms with Gasteiger partial charge in [-0.1, -0.05) is 43.0 Å². The van der Waals surface area contributed by atoms with Crippen molar-refractivity contribution in [2.45, 2.75) is 12.3 Å². The molecule has 2 aromatic carbocycles. The number of nitrogens with zero attached hydrogens (tertiary/aromatic N) is 5. The quantitative estimate of drug-likeness (QED) is 0.428. The van der Waals surface area contributed by atoms with Gasteiger partial charge < -0.3 is 9.91 Å². The number of hydrogen-bond acceptors (Lipinski definition) is 5. The van der Waals surface area contributed by atoms with Crippen molar-refractivity contribution in [3.8, 4) is 0 Å². The fourth-order valence-corrected chi connectivity index (χ4v) is 3.25. The van der Waals surface area contributed by atoms with Gasteiger partial charge in [-0.15, -0.1) is 0 Å². The number of rotatable bonds is 8. The molecule has 1 heterocycles. The summed E-state index contributed by atoms with van der Waals surface area (Å²) in [6.45, 7) is 5.09. The van der Waals surface area contributed by atoms with Crippen molar-refractivity contribution in [2.24, 2.45) is 5.10 Å². The average molecular weight is 388 g/mol. The fourth-order valence-electron chi connectivity index (χ4n) is 3.25. The van der Waals surface area contributed by atoms with Gasteiger partial charge in [0.1, 0.15) is 0 Å². The summed E-state index contributed by atoms with van der Waals surface area (Å²) in [5.41, 5.74) is 5.82. The van der Waals surface area contributed by atoms with E-state index < -0.39 is 0 Å². The van der Waals surface area contributed by atoms with E-state index in [2.05, 4.69) is 84.2 Å². The first-order valence-corrected chi connectivity index (χ1v) is 9.81. The summed E-state index contributed by atoms with van der Waals surface area (Å²) >= 11 is 0. The predicted molar refractivity (Wildman–Crippen MR) is 122 cm³/mol. The van der Waals surface area contributed by atoms with Crippen molar-refractivity contribution >= 4 is 22.8 Å². The molecule has 29 heavy (non-hydrogen) atoms. The highest BCUT2D eigenvalue weighted by Crippen LogP contribution is 2.30. The third kappa shape index (κ3) is 5.48. The Balaban J connectivity index is 1.97. The van der Waals surface area contributed by atoms with Crippen molar-refractivity contribution in [1.29, 1.82) is 0 Å². The Labute approximate surface area is 173 Å². The molecule has 0 fully saturated rings. The summed E-state index contributed by atoms with van der Waals surface area (Å²) in [7, 11) is 7.97. The second kappa shape index (κ2) is 9.43. The second-order valence-electron chi connectivity index (χ2n) is 7.68. The minimum atomic E-state index is 0.312. The average Bonchev–Trinajstić information content (AvgIpc) is 2.72. The molecule has 0 bridgehead atoms. The number of allylic oxidation sites excluding steroid dienone is 1. The van der Waals surface area contributed by atoms with E-state index in [1.165, 1.54) is 11.1 Å². The van der Waals surface area contributed by atoms with Crippen molar-refractivity contribution in [1.82, 2.24) is 19.9 Å².